The van der Waals surface area contributed by atoms with Crippen molar-refractivity contribution in [2.75, 3.05) is 0 Å². The molecule has 2 aromatic rings. The molecule has 0 bridgehead atoms. The van der Waals surface area contributed by atoms with Crippen LogP contribution in [-0.4, -0.2) is 11.4 Å². The van der Waals surface area contributed by atoms with Gasteiger partial charge in [0.25, 0.3) is 0 Å². The van der Waals surface area contributed by atoms with Gasteiger partial charge in [0, 0.05) is 11.8 Å². The molecule has 0 aromatic heterocycles. The Morgan fingerprint density at radius 3 is 2.81 bits per heavy atom. The smallest absolute Gasteiger partial charge is 0.211 e. The van der Waals surface area contributed by atoms with E-state index in [1.54, 1.807) is 11.4 Å². The Labute approximate surface area is 98.6 Å². The number of nitrogens with zero attached hydrogens (tertiary/aromatic N) is 1. The largest absolute Gasteiger partial charge is 0.240 e. The summed E-state index contributed by atoms with van der Waals surface area (Å²) in [5, 5.41) is 3.65. The highest BCUT2D eigenvalue weighted by atomic mass is 32.1. The van der Waals surface area contributed by atoms with Crippen LogP contribution in [-0.2, 0) is 11.2 Å². The fraction of sp³-hybridized carbons (Fsp3) is 0.0769. The Balaban J connectivity index is 2.77. The summed E-state index contributed by atoms with van der Waals surface area (Å²) in [5.41, 5.74) is 1.63. The maximum absolute atomic E-state index is 10.4. The minimum Gasteiger partial charge on any atom is -0.211 e. The van der Waals surface area contributed by atoms with Gasteiger partial charge in [0.15, 0.2) is 0 Å². The van der Waals surface area contributed by atoms with E-state index in [0.29, 0.717) is 12.1 Å². The van der Waals surface area contributed by atoms with Gasteiger partial charge in [0.1, 0.15) is 0 Å². The molecule has 0 radical (unpaired) electrons. The fourth-order valence-corrected chi connectivity index (χ4v) is 1.91. The Bertz CT molecular complexity index is 586. The Morgan fingerprint density at radius 1 is 1.25 bits per heavy atom. The number of isocyanates is 1. The second kappa shape index (κ2) is 4.79. The molecule has 2 nitrogen and oxygen atoms in total. The van der Waals surface area contributed by atoms with Crippen molar-refractivity contribution in [1.82, 2.24) is 0 Å². The van der Waals surface area contributed by atoms with Gasteiger partial charge in [-0.25, -0.2) is 4.79 Å². The maximum atomic E-state index is 10.4. The molecule has 0 aliphatic rings. The molecule has 0 saturated carbocycles. The second-order valence-corrected chi connectivity index (χ2v) is 3.70. The molecule has 2 rings (SSSR count). The Hall–Kier alpha value is -1.83. The number of rotatable bonds is 3. The van der Waals surface area contributed by atoms with Crippen molar-refractivity contribution in [2.45, 2.75) is 6.42 Å². The summed E-state index contributed by atoms with van der Waals surface area (Å²) in [6.45, 7) is 0. The van der Waals surface area contributed by atoms with Crippen LogP contribution in [0.3, 0.4) is 0 Å². The van der Waals surface area contributed by atoms with Crippen molar-refractivity contribution in [3.05, 3.63) is 42.0 Å². The normalized spacial score (nSPS) is 9.75. The van der Waals surface area contributed by atoms with Crippen molar-refractivity contribution >= 4 is 40.1 Å². The zero-order valence-electron chi connectivity index (χ0n) is 8.51. The minimum absolute atomic E-state index is 0.626. The third-order valence-electron chi connectivity index (χ3n) is 2.44. The van der Waals surface area contributed by atoms with Gasteiger partial charge in [0.05, 0.1) is 5.69 Å². The predicted molar refractivity (Wildman–Crippen MR) is 69.1 cm³/mol. The lowest BCUT2D eigenvalue weighted by Crippen LogP contribution is -1.86. The average molecular weight is 227 g/mol. The molecular formula is C13H9NOS. The standard InChI is InChI=1S/C13H9NOS/c15-9-14-13-11(7-8-16)6-5-10-3-1-2-4-12(10)13/h1-6,8H,7H2. The molecule has 0 unspecified atom stereocenters. The summed E-state index contributed by atoms with van der Waals surface area (Å²) < 4.78 is 0. The van der Waals surface area contributed by atoms with Gasteiger partial charge in [-0.1, -0.05) is 48.6 Å². The highest BCUT2D eigenvalue weighted by molar-refractivity contribution is 7.79. The number of hydrogen-bond donors (Lipinski definition) is 0. The molecule has 0 N–H and O–H groups in total. The Kier molecular flexibility index (Phi) is 3.20. The molecule has 0 fully saturated rings. The van der Waals surface area contributed by atoms with Crippen molar-refractivity contribution in [2.24, 2.45) is 4.99 Å². The van der Waals surface area contributed by atoms with E-state index in [9.17, 15) is 4.79 Å². The molecule has 16 heavy (non-hydrogen) atoms. The number of hydrogen-bond acceptors (Lipinski definition) is 3. The zero-order chi connectivity index (χ0) is 11.4. The quantitative estimate of drug-likeness (QED) is 0.457. The monoisotopic (exact) mass is 227 g/mol. The molecule has 2 aromatic carbocycles. The maximum Gasteiger partial charge on any atom is 0.240 e. The van der Waals surface area contributed by atoms with Gasteiger partial charge in [-0.3, -0.25) is 0 Å². The molecule has 0 amide bonds. The SMILES string of the molecule is O=C=Nc1c(CC=S)ccc2ccccc12. The van der Waals surface area contributed by atoms with Crippen molar-refractivity contribution < 1.29 is 4.79 Å². The minimum atomic E-state index is 0.626. The van der Waals surface area contributed by atoms with Gasteiger partial charge in [0.2, 0.25) is 6.08 Å². The molecule has 0 spiro atoms. The molecule has 0 aliphatic heterocycles. The van der Waals surface area contributed by atoms with Crippen LogP contribution in [0.5, 0.6) is 0 Å². The van der Waals surface area contributed by atoms with Crippen LogP contribution < -0.4 is 0 Å². The molecule has 78 valence electrons. The molecule has 0 heterocycles. The van der Waals surface area contributed by atoms with Crippen molar-refractivity contribution in [3.63, 3.8) is 0 Å². The lowest BCUT2D eigenvalue weighted by Gasteiger charge is -2.05. The summed E-state index contributed by atoms with van der Waals surface area (Å²) in [6, 6.07) is 11.8. The zero-order valence-corrected chi connectivity index (χ0v) is 9.33. The second-order valence-electron chi connectivity index (χ2n) is 3.37. The molecule has 0 atom stereocenters. The van der Waals surface area contributed by atoms with E-state index < -0.39 is 0 Å². The van der Waals surface area contributed by atoms with Gasteiger partial charge in [-0.15, -0.1) is 0 Å². The number of benzene rings is 2. The summed E-state index contributed by atoms with van der Waals surface area (Å²) in [4.78, 5) is 14.2. The van der Waals surface area contributed by atoms with Crippen molar-refractivity contribution in [1.29, 1.82) is 0 Å². The lowest BCUT2D eigenvalue weighted by atomic mass is 10.0. The summed E-state index contributed by atoms with van der Waals surface area (Å²) in [7, 11) is 0. The molecule has 0 saturated heterocycles. The summed E-state index contributed by atoms with van der Waals surface area (Å²) >= 11 is 4.84. The van der Waals surface area contributed by atoms with E-state index in [0.717, 1.165) is 16.3 Å². The van der Waals surface area contributed by atoms with Crippen LogP contribution in [0.25, 0.3) is 10.8 Å². The highest BCUT2D eigenvalue weighted by Crippen LogP contribution is 2.29. The highest BCUT2D eigenvalue weighted by Gasteiger charge is 2.05. The van der Waals surface area contributed by atoms with E-state index in [2.05, 4.69) is 4.99 Å². The molecular weight excluding hydrogens is 218 g/mol. The first-order valence-electron chi connectivity index (χ1n) is 4.89. The van der Waals surface area contributed by atoms with Crippen LogP contribution >= 0.6 is 12.2 Å². The van der Waals surface area contributed by atoms with Crippen LogP contribution in [0.2, 0.25) is 0 Å². The van der Waals surface area contributed by atoms with Gasteiger partial charge in [-0.2, -0.15) is 4.99 Å². The number of thiocarbonyl (C=S) groups is 1. The van der Waals surface area contributed by atoms with E-state index >= 15 is 0 Å². The van der Waals surface area contributed by atoms with Gasteiger partial charge < -0.3 is 0 Å². The topological polar surface area (TPSA) is 29.4 Å². The first-order valence-corrected chi connectivity index (χ1v) is 5.36. The van der Waals surface area contributed by atoms with Crippen LogP contribution in [0.4, 0.5) is 5.69 Å². The van der Waals surface area contributed by atoms with Gasteiger partial charge >= 0.3 is 0 Å². The van der Waals surface area contributed by atoms with Crippen molar-refractivity contribution in [3.8, 4) is 0 Å². The van der Waals surface area contributed by atoms with E-state index in [-0.39, 0.29) is 0 Å². The average Bonchev–Trinajstić information content (AvgIpc) is 2.32. The first kappa shape index (κ1) is 10.7. The predicted octanol–water partition coefficient (Wildman–Crippen LogP) is 3.35. The molecule has 3 heteroatoms. The van der Waals surface area contributed by atoms with Crippen LogP contribution in [0, 0.1) is 0 Å². The fourth-order valence-electron chi connectivity index (χ4n) is 1.73. The van der Waals surface area contributed by atoms with E-state index in [4.69, 9.17) is 12.2 Å². The summed E-state index contributed by atoms with van der Waals surface area (Å²) in [5.74, 6) is 0. The summed E-state index contributed by atoms with van der Waals surface area (Å²) in [6.07, 6.45) is 2.23. The van der Waals surface area contributed by atoms with Gasteiger partial charge in [-0.05, 0) is 16.3 Å². The number of carbonyl (C=O) groups excluding carboxylic acids is 1. The third kappa shape index (κ3) is 1.91. The van der Waals surface area contributed by atoms with E-state index in [1.165, 1.54) is 0 Å². The molecule has 0 aliphatic carbocycles. The first-order chi connectivity index (χ1) is 7.86. The van der Waals surface area contributed by atoms with Crippen LogP contribution in [0.15, 0.2) is 41.4 Å². The lowest BCUT2D eigenvalue weighted by molar-refractivity contribution is 0.565. The third-order valence-corrected chi connectivity index (χ3v) is 2.61. The van der Waals surface area contributed by atoms with Crippen LogP contribution in [0.1, 0.15) is 5.56 Å². The van der Waals surface area contributed by atoms with E-state index in [1.807, 2.05) is 36.4 Å². The number of aliphatic imine (C=N–C) groups is 1. The Morgan fingerprint density at radius 2 is 2.06 bits per heavy atom. The number of fused-ring (bicyclic) bond motifs is 1.